The molecule has 4 rings (SSSR count). The van der Waals surface area contributed by atoms with Gasteiger partial charge in [-0.3, -0.25) is 9.79 Å². The third kappa shape index (κ3) is 5.67. The van der Waals surface area contributed by atoms with Crippen LogP contribution in [-0.4, -0.2) is 64.8 Å². The normalized spacial score (nSPS) is 22.1. The highest BCUT2D eigenvalue weighted by molar-refractivity contribution is 8.02. The molecular formula is C24H30FN5O2S2. The topological polar surface area (TPSA) is 79.7 Å². The maximum atomic E-state index is 13.2. The molecule has 2 saturated heterocycles. The van der Waals surface area contributed by atoms with Gasteiger partial charge in [-0.1, -0.05) is 0 Å². The van der Waals surface area contributed by atoms with Gasteiger partial charge in [0.05, 0.1) is 45.4 Å². The van der Waals surface area contributed by atoms with E-state index in [1.807, 2.05) is 36.3 Å². The molecule has 2 aliphatic heterocycles. The van der Waals surface area contributed by atoms with E-state index < -0.39 is 6.67 Å². The number of amides is 1. The summed E-state index contributed by atoms with van der Waals surface area (Å²) < 4.78 is 18.0. The van der Waals surface area contributed by atoms with E-state index in [1.54, 1.807) is 29.3 Å². The lowest BCUT2D eigenvalue weighted by molar-refractivity contribution is -0.0181. The van der Waals surface area contributed by atoms with Crippen molar-refractivity contribution in [1.29, 1.82) is 0 Å². The average Bonchev–Trinajstić information content (AvgIpc) is 3.31. The monoisotopic (exact) mass is 503 g/mol. The Balaban J connectivity index is 1.30. The molecule has 2 bridgehead atoms. The fourth-order valence-corrected chi connectivity index (χ4v) is 6.39. The SMILES string of the molecule is C=N/C(=C\SCNc1ccc(C(=O)N2[C@@H]3CC[C@H]2CC(OCCF)C3)cn1)c1sc(C)nc1C. The highest BCUT2D eigenvalue weighted by Crippen LogP contribution is 2.38. The first-order valence-electron chi connectivity index (χ1n) is 11.4. The zero-order valence-corrected chi connectivity index (χ0v) is 21.1. The molecule has 0 saturated carbocycles. The maximum Gasteiger partial charge on any atom is 0.255 e. The number of fused-ring (bicyclic) bond motifs is 2. The Bertz CT molecular complexity index is 1030. The number of aliphatic imine (C=N–C) groups is 1. The van der Waals surface area contributed by atoms with Crippen LogP contribution in [0.15, 0.2) is 28.7 Å². The van der Waals surface area contributed by atoms with E-state index in [2.05, 4.69) is 27.0 Å². The summed E-state index contributed by atoms with van der Waals surface area (Å²) in [5.74, 6) is 1.33. The molecule has 2 aromatic rings. The number of nitrogens with one attached hydrogen (secondary N) is 1. The van der Waals surface area contributed by atoms with Crippen molar-refractivity contribution in [2.24, 2.45) is 4.99 Å². The molecule has 10 heteroatoms. The average molecular weight is 504 g/mol. The number of hydrogen-bond donors (Lipinski definition) is 1. The summed E-state index contributed by atoms with van der Waals surface area (Å²) in [6.07, 6.45) is 5.20. The summed E-state index contributed by atoms with van der Waals surface area (Å²) in [6, 6.07) is 3.98. The molecule has 0 aliphatic carbocycles. The third-order valence-electron chi connectivity index (χ3n) is 6.20. The molecule has 1 N–H and O–H groups in total. The Morgan fingerprint density at radius 1 is 1.38 bits per heavy atom. The van der Waals surface area contributed by atoms with Crippen LogP contribution < -0.4 is 5.32 Å². The molecule has 182 valence electrons. The van der Waals surface area contributed by atoms with Gasteiger partial charge in [0.25, 0.3) is 5.91 Å². The number of thiazole rings is 1. The number of carbonyl (C=O) groups is 1. The van der Waals surface area contributed by atoms with Crippen LogP contribution in [0.3, 0.4) is 0 Å². The van der Waals surface area contributed by atoms with Crippen LogP contribution in [0.25, 0.3) is 5.70 Å². The second-order valence-corrected chi connectivity index (χ2v) is 10.5. The molecule has 7 nitrogen and oxygen atoms in total. The van der Waals surface area contributed by atoms with Crippen LogP contribution in [-0.2, 0) is 4.74 Å². The highest BCUT2D eigenvalue weighted by Gasteiger charge is 2.43. The van der Waals surface area contributed by atoms with Crippen molar-refractivity contribution in [3.05, 3.63) is 44.9 Å². The predicted octanol–water partition coefficient (Wildman–Crippen LogP) is 5.08. The van der Waals surface area contributed by atoms with Gasteiger partial charge < -0.3 is 15.0 Å². The molecule has 2 aliphatic rings. The zero-order valence-electron chi connectivity index (χ0n) is 19.5. The fraction of sp³-hybridized carbons (Fsp3) is 0.500. The molecule has 2 fully saturated rings. The molecule has 0 spiro atoms. The quantitative estimate of drug-likeness (QED) is 0.277. The van der Waals surface area contributed by atoms with Crippen molar-refractivity contribution < 1.29 is 13.9 Å². The first kappa shape index (κ1) is 24.8. The van der Waals surface area contributed by atoms with Crippen molar-refractivity contribution in [3.63, 3.8) is 0 Å². The van der Waals surface area contributed by atoms with Gasteiger partial charge in [0.1, 0.15) is 12.5 Å². The molecule has 1 amide bonds. The third-order valence-corrected chi connectivity index (χ3v) is 8.00. The summed E-state index contributed by atoms with van der Waals surface area (Å²) >= 11 is 3.17. The molecule has 34 heavy (non-hydrogen) atoms. The van der Waals surface area contributed by atoms with Crippen LogP contribution >= 0.6 is 23.1 Å². The number of nitrogens with zero attached hydrogens (tertiary/aromatic N) is 4. The molecule has 0 aromatic carbocycles. The van der Waals surface area contributed by atoms with Crippen LogP contribution in [0.1, 0.15) is 51.6 Å². The number of carbonyl (C=O) groups excluding carboxylic acids is 1. The molecular weight excluding hydrogens is 473 g/mol. The van der Waals surface area contributed by atoms with Crippen molar-refractivity contribution in [3.8, 4) is 0 Å². The van der Waals surface area contributed by atoms with E-state index in [1.165, 1.54) is 0 Å². The van der Waals surface area contributed by atoms with E-state index in [9.17, 15) is 9.18 Å². The van der Waals surface area contributed by atoms with Gasteiger partial charge in [-0.25, -0.2) is 14.4 Å². The van der Waals surface area contributed by atoms with E-state index in [4.69, 9.17) is 4.74 Å². The minimum Gasteiger partial charge on any atom is -0.375 e. The number of aryl methyl sites for hydroxylation is 2. The summed E-state index contributed by atoms with van der Waals surface area (Å²) in [4.78, 5) is 29.2. The van der Waals surface area contributed by atoms with Gasteiger partial charge in [-0.05, 0) is 63.8 Å². The van der Waals surface area contributed by atoms with Gasteiger partial charge in [0.15, 0.2) is 0 Å². The number of hydrogen-bond acceptors (Lipinski definition) is 8. The first-order chi connectivity index (χ1) is 16.5. The predicted molar refractivity (Wildman–Crippen MR) is 137 cm³/mol. The minimum absolute atomic E-state index is 0.0183. The Kier molecular flexibility index (Phi) is 8.33. The lowest BCUT2D eigenvalue weighted by Gasteiger charge is -2.38. The first-order valence-corrected chi connectivity index (χ1v) is 13.3. The van der Waals surface area contributed by atoms with E-state index in [0.717, 1.165) is 47.0 Å². The number of ether oxygens (including phenoxy) is 1. The number of rotatable bonds is 10. The second-order valence-electron chi connectivity index (χ2n) is 8.48. The molecule has 3 atom stereocenters. The largest absolute Gasteiger partial charge is 0.375 e. The maximum absolute atomic E-state index is 13.2. The Morgan fingerprint density at radius 2 is 2.15 bits per heavy atom. The number of pyridine rings is 1. The second kappa shape index (κ2) is 11.4. The van der Waals surface area contributed by atoms with Gasteiger partial charge >= 0.3 is 0 Å². The number of thioether (sulfide) groups is 1. The highest BCUT2D eigenvalue weighted by atomic mass is 32.2. The molecule has 4 heterocycles. The summed E-state index contributed by atoms with van der Waals surface area (Å²) in [5.41, 5.74) is 2.37. The van der Waals surface area contributed by atoms with Crippen LogP contribution in [0, 0.1) is 13.8 Å². The fourth-order valence-electron chi connectivity index (χ4n) is 4.75. The zero-order chi connectivity index (χ0) is 24.1. The van der Waals surface area contributed by atoms with Gasteiger partial charge in [-0.2, -0.15) is 0 Å². The van der Waals surface area contributed by atoms with E-state index >= 15 is 0 Å². The number of halogens is 1. The number of piperidine rings is 1. The van der Waals surface area contributed by atoms with Crippen molar-refractivity contribution in [1.82, 2.24) is 14.9 Å². The number of alkyl halides is 1. The molecule has 1 unspecified atom stereocenters. The van der Waals surface area contributed by atoms with Crippen LogP contribution in [0.5, 0.6) is 0 Å². The Hall–Kier alpha value is -2.30. The Labute approximate surface area is 207 Å². The smallest absolute Gasteiger partial charge is 0.255 e. The number of anilines is 1. The molecule has 2 aromatic heterocycles. The number of aromatic nitrogens is 2. The van der Waals surface area contributed by atoms with Crippen molar-refractivity contribution in [2.45, 2.75) is 57.7 Å². The van der Waals surface area contributed by atoms with Gasteiger partial charge in [0, 0.05) is 18.3 Å². The minimum atomic E-state index is -0.465. The summed E-state index contributed by atoms with van der Waals surface area (Å²) in [5, 5.41) is 6.23. The van der Waals surface area contributed by atoms with E-state index in [0.29, 0.717) is 17.3 Å². The van der Waals surface area contributed by atoms with Crippen molar-refractivity contribution >= 4 is 47.2 Å². The van der Waals surface area contributed by atoms with Gasteiger partial charge in [0.2, 0.25) is 0 Å². The van der Waals surface area contributed by atoms with Crippen LogP contribution in [0.2, 0.25) is 0 Å². The summed E-state index contributed by atoms with van der Waals surface area (Å²) in [6.45, 7) is 7.31. The van der Waals surface area contributed by atoms with Gasteiger partial charge in [-0.15, -0.1) is 23.1 Å². The summed E-state index contributed by atoms with van der Waals surface area (Å²) in [7, 11) is 0. The standard InChI is InChI=1S/C24H30FN5O2S2/c1-15-23(34-16(2)29-15)21(26-3)13-33-14-28-22-7-4-17(12-27-22)24(31)30-18-5-6-19(30)11-20(10-18)32-9-8-25/h4,7,12-13,18-20H,3,5-6,8-11,14H2,1-2H3,(H,27,28)/b21-13-/t18-,19+,20?. The van der Waals surface area contributed by atoms with Crippen molar-refractivity contribution in [2.75, 3.05) is 24.5 Å². The molecule has 0 radical (unpaired) electrons. The van der Waals surface area contributed by atoms with E-state index in [-0.39, 0.29) is 30.7 Å². The lowest BCUT2D eigenvalue weighted by atomic mass is 9.98. The lowest BCUT2D eigenvalue weighted by Crippen LogP contribution is -2.48. The Morgan fingerprint density at radius 3 is 2.74 bits per heavy atom. The van der Waals surface area contributed by atoms with Crippen LogP contribution in [0.4, 0.5) is 10.2 Å².